The summed E-state index contributed by atoms with van der Waals surface area (Å²) < 4.78 is 0. The smallest absolute Gasteiger partial charge is 0.263 e. The number of carbonyl (C=O) groups is 3. The van der Waals surface area contributed by atoms with Crippen LogP contribution in [0.25, 0.3) is 0 Å². The van der Waals surface area contributed by atoms with Crippen molar-refractivity contribution in [2.45, 2.75) is 19.0 Å². The molecule has 1 fully saturated rings. The molecular weight excluding hydrogens is 417 g/mol. The van der Waals surface area contributed by atoms with Crippen LogP contribution in [-0.2, 0) is 14.4 Å². The molecule has 8 nitrogen and oxygen atoms in total. The second-order valence-corrected chi connectivity index (χ2v) is 7.54. The summed E-state index contributed by atoms with van der Waals surface area (Å²) in [7, 11) is 0. The van der Waals surface area contributed by atoms with Crippen LogP contribution in [0.3, 0.4) is 0 Å². The first-order valence-electron chi connectivity index (χ1n) is 8.72. The minimum atomic E-state index is -0.985. The van der Waals surface area contributed by atoms with E-state index in [2.05, 4.69) is 15.7 Å². The summed E-state index contributed by atoms with van der Waals surface area (Å²) in [5, 5.41) is 12.6. The van der Waals surface area contributed by atoms with Crippen molar-refractivity contribution in [2.75, 3.05) is 16.8 Å². The number of benzene rings is 2. The van der Waals surface area contributed by atoms with E-state index in [-0.39, 0.29) is 6.54 Å². The molecule has 0 saturated carbocycles. The van der Waals surface area contributed by atoms with Crippen molar-refractivity contribution in [2.24, 2.45) is 10.3 Å². The van der Waals surface area contributed by atoms with Crippen LogP contribution in [0.4, 0.5) is 11.4 Å². The Morgan fingerprint density at radius 3 is 2.66 bits per heavy atom. The molecule has 10 heteroatoms. The number of carbonyl (C=O) groups excluding carboxylic acids is 3. The van der Waals surface area contributed by atoms with Gasteiger partial charge in [0.15, 0.2) is 12.1 Å². The zero-order valence-corrected chi connectivity index (χ0v) is 16.7. The highest BCUT2D eigenvalue weighted by atomic mass is 35.5. The molecule has 0 bridgehead atoms. The van der Waals surface area contributed by atoms with Gasteiger partial charge in [-0.1, -0.05) is 40.6 Å². The summed E-state index contributed by atoms with van der Waals surface area (Å²) in [4.78, 5) is 39.1. The van der Waals surface area contributed by atoms with E-state index < -0.39 is 29.8 Å². The molecule has 0 aliphatic carbocycles. The van der Waals surface area contributed by atoms with Gasteiger partial charge in [-0.05, 0) is 42.8 Å². The van der Waals surface area contributed by atoms with Crippen LogP contribution in [0.15, 0.2) is 52.8 Å². The third-order valence-corrected chi connectivity index (χ3v) is 5.33. The summed E-state index contributed by atoms with van der Waals surface area (Å²) in [6, 6.07) is 9.65. The van der Waals surface area contributed by atoms with Crippen LogP contribution >= 0.6 is 23.2 Å². The minimum Gasteiger partial charge on any atom is -0.324 e. The molecule has 29 heavy (non-hydrogen) atoms. The Hall–Kier alpha value is -2.97. The van der Waals surface area contributed by atoms with Crippen molar-refractivity contribution in [3.8, 4) is 0 Å². The van der Waals surface area contributed by atoms with Crippen LogP contribution in [0, 0.1) is 6.92 Å². The molecule has 0 radical (unpaired) electrons. The Labute approximate surface area is 176 Å². The van der Waals surface area contributed by atoms with Crippen molar-refractivity contribution < 1.29 is 14.4 Å². The quantitative estimate of drug-likeness (QED) is 0.751. The molecule has 4 rings (SSSR count). The summed E-state index contributed by atoms with van der Waals surface area (Å²) >= 11 is 12.0. The van der Waals surface area contributed by atoms with Crippen molar-refractivity contribution in [3.63, 3.8) is 0 Å². The van der Waals surface area contributed by atoms with Crippen LogP contribution in [-0.4, -0.2) is 41.4 Å². The van der Waals surface area contributed by atoms with Gasteiger partial charge in [-0.15, -0.1) is 0 Å². The molecule has 2 aliphatic heterocycles. The summed E-state index contributed by atoms with van der Waals surface area (Å²) in [6.45, 7) is 1.58. The number of imide groups is 1. The standard InChI is InChI=1S/C19H15Cl2N5O3/c1-10-5-6-13(8-14(10)21)26-18(28)16-17(19(26)29)25(24-23-16)9-15(27)22-12-4-2-3-11(20)7-12/h2-8,16-17H,9H2,1H3,(H,22,27)/t16-,17+/m0/s1. The van der Waals surface area contributed by atoms with Gasteiger partial charge in [-0.25, -0.2) is 4.90 Å². The number of nitrogens with zero attached hydrogens (tertiary/aromatic N) is 4. The number of anilines is 2. The van der Waals surface area contributed by atoms with E-state index in [1.54, 1.807) is 42.5 Å². The molecule has 0 aromatic heterocycles. The van der Waals surface area contributed by atoms with Gasteiger partial charge in [-0.2, -0.15) is 5.11 Å². The molecule has 1 saturated heterocycles. The molecule has 1 N–H and O–H groups in total. The fourth-order valence-electron chi connectivity index (χ4n) is 3.24. The molecule has 0 spiro atoms. The number of amides is 3. The number of rotatable bonds is 4. The van der Waals surface area contributed by atoms with Gasteiger partial charge in [0.1, 0.15) is 6.54 Å². The minimum absolute atomic E-state index is 0.237. The first kappa shape index (κ1) is 19.4. The van der Waals surface area contributed by atoms with Gasteiger partial charge in [0.05, 0.1) is 5.69 Å². The zero-order chi connectivity index (χ0) is 20.7. The number of nitrogens with one attached hydrogen (secondary N) is 1. The van der Waals surface area contributed by atoms with Gasteiger partial charge in [0.25, 0.3) is 11.8 Å². The van der Waals surface area contributed by atoms with Gasteiger partial charge in [-0.3, -0.25) is 19.4 Å². The predicted octanol–water partition coefficient (Wildman–Crippen LogP) is 3.23. The monoisotopic (exact) mass is 431 g/mol. The molecule has 3 amide bonds. The Kier molecular flexibility index (Phi) is 4.97. The lowest BCUT2D eigenvalue weighted by molar-refractivity contribution is -0.123. The molecule has 2 atom stereocenters. The first-order valence-corrected chi connectivity index (χ1v) is 9.47. The van der Waals surface area contributed by atoms with Crippen molar-refractivity contribution in [3.05, 3.63) is 58.1 Å². The Balaban J connectivity index is 1.50. The lowest BCUT2D eigenvalue weighted by atomic mass is 10.1. The van der Waals surface area contributed by atoms with E-state index in [1.165, 1.54) is 5.01 Å². The second-order valence-electron chi connectivity index (χ2n) is 6.70. The Morgan fingerprint density at radius 2 is 1.93 bits per heavy atom. The predicted molar refractivity (Wildman–Crippen MR) is 108 cm³/mol. The van der Waals surface area contributed by atoms with Crippen LogP contribution in [0.5, 0.6) is 0 Å². The van der Waals surface area contributed by atoms with E-state index in [1.807, 2.05) is 6.92 Å². The number of aryl methyl sites for hydroxylation is 1. The van der Waals surface area contributed by atoms with Crippen molar-refractivity contribution in [1.29, 1.82) is 0 Å². The second kappa shape index (κ2) is 7.46. The van der Waals surface area contributed by atoms with Crippen molar-refractivity contribution >= 4 is 52.3 Å². The molecule has 2 heterocycles. The third kappa shape index (κ3) is 3.56. The Morgan fingerprint density at radius 1 is 1.14 bits per heavy atom. The lowest BCUT2D eigenvalue weighted by Gasteiger charge is -2.20. The summed E-state index contributed by atoms with van der Waals surface area (Å²) in [5.74, 6) is -1.41. The van der Waals surface area contributed by atoms with Crippen LogP contribution in [0.1, 0.15) is 5.56 Å². The number of hydrogen-bond donors (Lipinski definition) is 1. The van der Waals surface area contributed by atoms with Crippen LogP contribution < -0.4 is 10.2 Å². The average molecular weight is 432 g/mol. The Bertz CT molecular complexity index is 1060. The summed E-state index contributed by atoms with van der Waals surface area (Å²) in [6.07, 6.45) is 0. The topological polar surface area (TPSA) is 94.4 Å². The molecule has 0 unspecified atom stereocenters. The maximum absolute atomic E-state index is 12.9. The maximum atomic E-state index is 12.9. The molecule has 2 aromatic rings. The van der Waals surface area contributed by atoms with Gasteiger partial charge in [0.2, 0.25) is 5.91 Å². The highest BCUT2D eigenvalue weighted by Crippen LogP contribution is 2.33. The van der Waals surface area contributed by atoms with Gasteiger partial charge in [0, 0.05) is 15.7 Å². The SMILES string of the molecule is Cc1ccc(N2C(=O)[C@H]3N=NN(CC(=O)Nc4cccc(Cl)c4)[C@H]3C2=O)cc1Cl. The van der Waals surface area contributed by atoms with E-state index in [0.717, 1.165) is 10.5 Å². The van der Waals surface area contributed by atoms with E-state index in [9.17, 15) is 14.4 Å². The number of hydrogen-bond acceptors (Lipinski definition) is 6. The largest absolute Gasteiger partial charge is 0.324 e. The van der Waals surface area contributed by atoms with E-state index in [0.29, 0.717) is 21.4 Å². The van der Waals surface area contributed by atoms with E-state index >= 15 is 0 Å². The third-order valence-electron chi connectivity index (χ3n) is 4.69. The van der Waals surface area contributed by atoms with Gasteiger partial charge < -0.3 is 5.32 Å². The highest BCUT2D eigenvalue weighted by molar-refractivity contribution is 6.32. The van der Waals surface area contributed by atoms with Crippen molar-refractivity contribution in [1.82, 2.24) is 5.01 Å². The molecular formula is C19H15Cl2N5O3. The molecule has 148 valence electrons. The van der Waals surface area contributed by atoms with Gasteiger partial charge >= 0.3 is 0 Å². The van der Waals surface area contributed by atoms with E-state index in [4.69, 9.17) is 23.2 Å². The fourth-order valence-corrected chi connectivity index (χ4v) is 3.61. The summed E-state index contributed by atoms with van der Waals surface area (Å²) in [5.41, 5.74) is 1.71. The number of halogens is 2. The average Bonchev–Trinajstić information content (AvgIpc) is 3.18. The lowest BCUT2D eigenvalue weighted by Crippen LogP contribution is -2.43. The molecule has 2 aliphatic rings. The maximum Gasteiger partial charge on any atom is 0.263 e. The molecule has 2 aromatic carbocycles. The highest BCUT2D eigenvalue weighted by Gasteiger charge is 2.55. The zero-order valence-electron chi connectivity index (χ0n) is 15.2. The van der Waals surface area contributed by atoms with Crippen LogP contribution in [0.2, 0.25) is 10.0 Å². The first-order chi connectivity index (χ1) is 13.8. The normalized spacial score (nSPS) is 20.4. The number of fused-ring (bicyclic) bond motifs is 1. The fraction of sp³-hybridized carbons (Fsp3) is 0.211.